The van der Waals surface area contributed by atoms with E-state index in [0.29, 0.717) is 42.2 Å². The van der Waals surface area contributed by atoms with Gasteiger partial charge in [-0.15, -0.1) is 0 Å². The molecule has 4 aromatic rings. The number of fused-ring (bicyclic) bond motifs is 3. The van der Waals surface area contributed by atoms with Gasteiger partial charge in [0.15, 0.2) is 6.73 Å². The molecule has 0 aliphatic carbocycles. The summed E-state index contributed by atoms with van der Waals surface area (Å²) >= 11 is 0. The van der Waals surface area contributed by atoms with Gasteiger partial charge in [0, 0.05) is 23.1 Å². The molecule has 0 fully saturated rings. The van der Waals surface area contributed by atoms with Crippen LogP contribution in [0.4, 0.5) is 5.69 Å². The van der Waals surface area contributed by atoms with Crippen LogP contribution in [0.5, 0.6) is 5.75 Å². The number of carbonyl (C=O) groups is 1. The lowest BCUT2D eigenvalue weighted by atomic mass is 9.97. The molecule has 0 spiro atoms. The van der Waals surface area contributed by atoms with Crippen LogP contribution in [0.3, 0.4) is 0 Å². The molecule has 0 atom stereocenters. The summed E-state index contributed by atoms with van der Waals surface area (Å²) in [7, 11) is 1.36. The number of esters is 1. The zero-order valence-electron chi connectivity index (χ0n) is 18.5. The first-order chi connectivity index (χ1) is 16.0. The van der Waals surface area contributed by atoms with E-state index in [0.717, 1.165) is 27.8 Å². The third-order valence-electron chi connectivity index (χ3n) is 6.12. The second kappa shape index (κ2) is 8.47. The Bertz CT molecular complexity index is 1390. The van der Waals surface area contributed by atoms with Crippen LogP contribution in [-0.4, -0.2) is 19.8 Å². The predicted molar refractivity (Wildman–Crippen MR) is 126 cm³/mol. The molecule has 1 aromatic heterocycles. The highest BCUT2D eigenvalue weighted by molar-refractivity contribution is 5.90. The highest BCUT2D eigenvalue weighted by Gasteiger charge is 2.24. The highest BCUT2D eigenvalue weighted by atomic mass is 16.5. The van der Waals surface area contributed by atoms with Crippen LogP contribution in [0, 0.1) is 6.92 Å². The fraction of sp³-hybridized carbons (Fsp3) is 0.185. The van der Waals surface area contributed by atoms with Gasteiger partial charge in [0.1, 0.15) is 11.3 Å². The summed E-state index contributed by atoms with van der Waals surface area (Å²) in [5.74, 6) is 0.333. The van der Waals surface area contributed by atoms with Crippen molar-refractivity contribution < 1.29 is 18.7 Å². The summed E-state index contributed by atoms with van der Waals surface area (Å²) in [5, 5.41) is 0.908. The van der Waals surface area contributed by atoms with Crippen molar-refractivity contribution in [3.63, 3.8) is 0 Å². The van der Waals surface area contributed by atoms with Gasteiger partial charge in [-0.25, -0.2) is 9.59 Å². The van der Waals surface area contributed by atoms with Crippen molar-refractivity contribution in [3.05, 3.63) is 105 Å². The Morgan fingerprint density at radius 3 is 2.52 bits per heavy atom. The Balaban J connectivity index is 1.51. The van der Waals surface area contributed by atoms with Gasteiger partial charge in [0.2, 0.25) is 0 Å². The van der Waals surface area contributed by atoms with E-state index in [-0.39, 0.29) is 11.6 Å². The Kier molecular flexibility index (Phi) is 5.34. The minimum Gasteiger partial charge on any atom is -0.473 e. The first-order valence-electron chi connectivity index (χ1n) is 10.7. The second-order valence-corrected chi connectivity index (χ2v) is 8.08. The third-order valence-corrected chi connectivity index (χ3v) is 6.12. The Hall–Kier alpha value is -4.06. The highest BCUT2D eigenvalue weighted by Crippen LogP contribution is 2.35. The van der Waals surface area contributed by atoms with Crippen molar-refractivity contribution in [2.45, 2.75) is 19.9 Å². The standard InChI is InChI=1S/C27H23NO5/c1-17-21-12-13-24-23(25(21)33-27(30)22(17)14-18-6-4-3-5-7-18)15-28(16-32-24)20-10-8-19(9-11-20)26(29)31-2/h3-13H,14-16H2,1-2H3. The molecule has 1 aliphatic rings. The summed E-state index contributed by atoms with van der Waals surface area (Å²) in [5.41, 5.74) is 5.10. The van der Waals surface area contributed by atoms with Crippen LogP contribution in [0.25, 0.3) is 11.0 Å². The minimum atomic E-state index is -0.378. The van der Waals surface area contributed by atoms with Gasteiger partial charge in [0.05, 0.1) is 24.8 Å². The van der Waals surface area contributed by atoms with Gasteiger partial charge in [-0.05, 0) is 54.4 Å². The molecule has 0 bridgehead atoms. The lowest BCUT2D eigenvalue weighted by molar-refractivity contribution is 0.0600. The molecule has 0 saturated carbocycles. The molecule has 0 N–H and O–H groups in total. The summed E-state index contributed by atoms with van der Waals surface area (Å²) in [6, 6.07) is 21.0. The van der Waals surface area contributed by atoms with E-state index in [1.165, 1.54) is 7.11 Å². The number of methoxy groups -OCH3 is 1. The number of aryl methyl sites for hydroxylation is 1. The smallest absolute Gasteiger partial charge is 0.340 e. The maximum absolute atomic E-state index is 13.0. The van der Waals surface area contributed by atoms with Crippen LogP contribution in [0.15, 0.2) is 75.9 Å². The van der Waals surface area contributed by atoms with Crippen LogP contribution in [-0.2, 0) is 17.7 Å². The Morgan fingerprint density at radius 2 is 1.79 bits per heavy atom. The lowest BCUT2D eigenvalue weighted by Crippen LogP contribution is -2.32. The summed E-state index contributed by atoms with van der Waals surface area (Å²) < 4.78 is 16.6. The van der Waals surface area contributed by atoms with E-state index in [1.807, 2.05) is 66.4 Å². The summed E-state index contributed by atoms with van der Waals surface area (Å²) in [4.78, 5) is 26.7. The van der Waals surface area contributed by atoms with Gasteiger partial charge in [-0.1, -0.05) is 30.3 Å². The molecule has 1 aliphatic heterocycles. The zero-order chi connectivity index (χ0) is 22.9. The molecule has 0 amide bonds. The molecule has 6 nitrogen and oxygen atoms in total. The van der Waals surface area contributed by atoms with Gasteiger partial charge in [0.25, 0.3) is 0 Å². The van der Waals surface area contributed by atoms with Gasteiger partial charge < -0.3 is 18.8 Å². The normalized spacial score (nSPS) is 12.8. The van der Waals surface area contributed by atoms with E-state index in [9.17, 15) is 9.59 Å². The maximum atomic E-state index is 13.0. The monoisotopic (exact) mass is 441 g/mol. The van der Waals surface area contributed by atoms with Crippen molar-refractivity contribution in [1.82, 2.24) is 0 Å². The molecular weight excluding hydrogens is 418 g/mol. The molecule has 5 rings (SSSR count). The van der Waals surface area contributed by atoms with Gasteiger partial charge in [-0.3, -0.25) is 0 Å². The maximum Gasteiger partial charge on any atom is 0.340 e. The summed E-state index contributed by atoms with van der Waals surface area (Å²) in [6.45, 7) is 2.84. The third kappa shape index (κ3) is 3.84. The minimum absolute atomic E-state index is 0.322. The summed E-state index contributed by atoms with van der Waals surface area (Å²) in [6.07, 6.45) is 0.525. The number of hydrogen-bond acceptors (Lipinski definition) is 6. The molecule has 0 saturated heterocycles. The predicted octanol–water partition coefficient (Wildman–Crippen LogP) is 4.84. The average Bonchev–Trinajstić information content (AvgIpc) is 2.86. The molecule has 3 aromatic carbocycles. The van der Waals surface area contributed by atoms with Crippen LogP contribution in [0.1, 0.15) is 32.6 Å². The van der Waals surface area contributed by atoms with Crippen LogP contribution < -0.4 is 15.3 Å². The number of ether oxygens (including phenoxy) is 2. The molecule has 6 heteroatoms. The van der Waals surface area contributed by atoms with Gasteiger partial charge in [-0.2, -0.15) is 0 Å². The SMILES string of the molecule is COC(=O)c1ccc(N2COc3ccc4c(C)c(Cc5ccccc5)c(=O)oc4c3C2)cc1. The zero-order valence-corrected chi connectivity index (χ0v) is 18.5. The fourth-order valence-corrected chi connectivity index (χ4v) is 4.26. The number of rotatable bonds is 4. The molecule has 0 unspecified atom stereocenters. The number of carbonyl (C=O) groups excluding carboxylic acids is 1. The van der Waals surface area contributed by atoms with E-state index < -0.39 is 0 Å². The van der Waals surface area contributed by atoms with Crippen molar-refractivity contribution >= 4 is 22.6 Å². The number of hydrogen-bond donors (Lipinski definition) is 0. The number of benzene rings is 3. The molecule has 33 heavy (non-hydrogen) atoms. The first-order valence-corrected chi connectivity index (χ1v) is 10.7. The van der Waals surface area contributed by atoms with E-state index in [4.69, 9.17) is 13.9 Å². The van der Waals surface area contributed by atoms with Crippen molar-refractivity contribution in [3.8, 4) is 5.75 Å². The van der Waals surface area contributed by atoms with Crippen LogP contribution in [0.2, 0.25) is 0 Å². The fourth-order valence-electron chi connectivity index (χ4n) is 4.26. The number of nitrogens with zero attached hydrogens (tertiary/aromatic N) is 1. The van der Waals surface area contributed by atoms with Gasteiger partial charge >= 0.3 is 11.6 Å². The van der Waals surface area contributed by atoms with E-state index in [2.05, 4.69) is 0 Å². The lowest BCUT2D eigenvalue weighted by Gasteiger charge is -2.31. The topological polar surface area (TPSA) is 69.0 Å². The molecular formula is C27H23NO5. The second-order valence-electron chi connectivity index (χ2n) is 8.08. The number of anilines is 1. The largest absolute Gasteiger partial charge is 0.473 e. The quantitative estimate of drug-likeness (QED) is 0.334. The van der Waals surface area contributed by atoms with E-state index in [1.54, 1.807) is 12.1 Å². The average molecular weight is 441 g/mol. The Labute approximate surface area is 191 Å². The molecule has 166 valence electrons. The van der Waals surface area contributed by atoms with E-state index >= 15 is 0 Å². The molecule has 2 heterocycles. The van der Waals surface area contributed by atoms with Crippen molar-refractivity contribution in [2.75, 3.05) is 18.7 Å². The molecule has 0 radical (unpaired) electrons. The Morgan fingerprint density at radius 1 is 1.03 bits per heavy atom. The first kappa shape index (κ1) is 20.8. The van der Waals surface area contributed by atoms with Crippen molar-refractivity contribution in [1.29, 1.82) is 0 Å². The van der Waals surface area contributed by atoms with Crippen LogP contribution >= 0.6 is 0 Å². The van der Waals surface area contributed by atoms with Crippen molar-refractivity contribution in [2.24, 2.45) is 0 Å².